The lowest BCUT2D eigenvalue weighted by Gasteiger charge is -2.16. The lowest BCUT2D eigenvalue weighted by molar-refractivity contribution is -0.143. The third-order valence-electron chi connectivity index (χ3n) is 3.27. The summed E-state index contributed by atoms with van der Waals surface area (Å²) in [7, 11) is -5.17. The van der Waals surface area contributed by atoms with E-state index in [1.807, 2.05) is 0 Å². The van der Waals surface area contributed by atoms with Crippen LogP contribution in [0.3, 0.4) is 0 Å². The molecule has 158 valence electrons. The number of benzene rings is 2. The van der Waals surface area contributed by atoms with Gasteiger partial charge in [0.25, 0.3) is 5.91 Å². The molecule has 1 amide bonds. The first-order valence-corrected chi connectivity index (χ1v) is 8.78. The second-order valence-corrected chi connectivity index (χ2v) is 6.67. The monoisotopic (exact) mass is 445 g/mol. The number of carbonyl (C=O) groups excluding carboxylic acids is 1. The highest BCUT2D eigenvalue weighted by Crippen LogP contribution is 2.41. The van der Waals surface area contributed by atoms with Crippen LogP contribution in [0.4, 0.5) is 32.0 Å². The topological polar surface area (TPSA) is 116 Å². The molecule has 7 nitrogen and oxygen atoms in total. The summed E-state index contributed by atoms with van der Waals surface area (Å²) in [5.41, 5.74) is -5.03. The van der Waals surface area contributed by atoms with Crippen molar-refractivity contribution in [3.8, 4) is 11.5 Å². The van der Waals surface area contributed by atoms with E-state index >= 15 is 0 Å². The normalized spacial score (nSPS) is 12.6. The summed E-state index contributed by atoms with van der Waals surface area (Å²) >= 11 is 0. The number of carbonyl (C=O) groups is 1. The summed E-state index contributed by atoms with van der Waals surface area (Å²) in [6.45, 7) is 0. The Morgan fingerprint density at radius 2 is 1.45 bits per heavy atom. The molecule has 0 atom stereocenters. The number of phosphoric acid groups is 1. The molecule has 0 saturated heterocycles. The van der Waals surface area contributed by atoms with E-state index in [1.54, 1.807) is 5.32 Å². The van der Waals surface area contributed by atoms with Crippen LogP contribution in [0.1, 0.15) is 21.5 Å². The van der Waals surface area contributed by atoms with Crippen LogP contribution in [0.15, 0.2) is 36.4 Å². The number of halogens is 6. The number of phosphoric ester groups is 1. The first kappa shape index (κ1) is 22.5. The minimum atomic E-state index is -5.17. The van der Waals surface area contributed by atoms with Crippen LogP contribution in [-0.4, -0.2) is 20.8 Å². The number of nitrogens with one attached hydrogen (secondary N) is 1. The van der Waals surface area contributed by atoms with Gasteiger partial charge in [-0.05, 0) is 36.4 Å². The van der Waals surface area contributed by atoms with Gasteiger partial charge < -0.3 is 14.9 Å². The minimum absolute atomic E-state index is 0.147. The third kappa shape index (κ3) is 6.11. The van der Waals surface area contributed by atoms with E-state index in [-0.39, 0.29) is 18.2 Å². The first-order valence-electron chi connectivity index (χ1n) is 7.25. The molecule has 0 radical (unpaired) electrons. The number of hydrogen-bond acceptors (Lipinski definition) is 4. The fourth-order valence-electron chi connectivity index (χ4n) is 2.13. The van der Waals surface area contributed by atoms with Gasteiger partial charge in [-0.15, -0.1) is 0 Å². The van der Waals surface area contributed by atoms with Crippen LogP contribution in [0, 0.1) is 0 Å². The maximum absolute atomic E-state index is 12.9. The maximum atomic E-state index is 12.9. The molecule has 0 fully saturated rings. The van der Waals surface area contributed by atoms with Gasteiger partial charge in [0.1, 0.15) is 11.5 Å². The summed E-state index contributed by atoms with van der Waals surface area (Å²) in [5.74, 6) is -2.75. The van der Waals surface area contributed by atoms with Crippen LogP contribution in [0.2, 0.25) is 0 Å². The van der Waals surface area contributed by atoms with E-state index in [4.69, 9.17) is 9.79 Å². The zero-order valence-corrected chi connectivity index (χ0v) is 14.6. The maximum Gasteiger partial charge on any atom is 0.524 e. The van der Waals surface area contributed by atoms with Gasteiger partial charge in [-0.2, -0.15) is 26.3 Å². The molecule has 2 rings (SSSR count). The lowest BCUT2D eigenvalue weighted by atomic mass is 10.1. The zero-order valence-electron chi connectivity index (χ0n) is 13.7. The molecule has 0 saturated carbocycles. The van der Waals surface area contributed by atoms with Crippen molar-refractivity contribution < 1.29 is 55.1 Å². The SMILES string of the molecule is O=C(Nc1cc(C(F)(F)F)cc(C(F)(F)F)c1)c1cc(O)ccc1OP(=O)(O)O. The number of hydrogen-bond donors (Lipinski definition) is 4. The fraction of sp³-hybridized carbons (Fsp3) is 0.133. The number of phenolic OH excluding ortho intramolecular Hbond substituents is 1. The molecule has 0 aliphatic rings. The smallest absolute Gasteiger partial charge is 0.508 e. The van der Waals surface area contributed by atoms with Gasteiger partial charge >= 0.3 is 20.2 Å². The Morgan fingerprint density at radius 3 is 1.90 bits per heavy atom. The Morgan fingerprint density at radius 1 is 0.931 bits per heavy atom. The molecule has 2 aromatic rings. The van der Waals surface area contributed by atoms with Gasteiger partial charge in [0.15, 0.2) is 0 Å². The Balaban J connectivity index is 2.48. The van der Waals surface area contributed by atoms with Crippen molar-refractivity contribution in [3.63, 3.8) is 0 Å². The van der Waals surface area contributed by atoms with E-state index in [0.717, 1.165) is 12.1 Å². The molecule has 0 heterocycles. The standard InChI is InChI=1S/C15H10F6NO6P/c16-14(17,18)7-3-8(15(19,20)21)5-9(4-7)22-13(24)11-6-10(23)1-2-12(11)28-29(25,26)27/h1-6,23H,(H,22,24)(H2,25,26,27). The van der Waals surface area contributed by atoms with E-state index in [2.05, 4.69) is 4.52 Å². The predicted molar refractivity (Wildman–Crippen MR) is 85.2 cm³/mol. The van der Waals surface area contributed by atoms with Gasteiger partial charge in [-0.25, -0.2) is 4.57 Å². The predicted octanol–water partition coefficient (Wildman–Crippen LogP) is 4.15. The van der Waals surface area contributed by atoms with Crippen molar-refractivity contribution in [1.82, 2.24) is 0 Å². The van der Waals surface area contributed by atoms with Gasteiger partial charge in [-0.1, -0.05) is 0 Å². The molecule has 0 aliphatic carbocycles. The first-order chi connectivity index (χ1) is 13.1. The molecule has 0 unspecified atom stereocenters. The summed E-state index contributed by atoms with van der Waals surface area (Å²) in [5, 5.41) is 11.2. The highest BCUT2D eigenvalue weighted by Gasteiger charge is 2.37. The van der Waals surface area contributed by atoms with Crippen LogP contribution >= 0.6 is 7.82 Å². The Bertz CT molecular complexity index is 952. The minimum Gasteiger partial charge on any atom is -0.508 e. The van der Waals surface area contributed by atoms with Crippen molar-refractivity contribution in [3.05, 3.63) is 53.1 Å². The Kier molecular flexibility index (Phi) is 5.89. The van der Waals surface area contributed by atoms with Crippen LogP contribution < -0.4 is 9.84 Å². The van der Waals surface area contributed by atoms with Gasteiger partial charge in [-0.3, -0.25) is 14.6 Å². The summed E-state index contributed by atoms with van der Waals surface area (Å²) in [6, 6.07) is 2.63. The van der Waals surface area contributed by atoms with Crippen molar-refractivity contribution in [2.24, 2.45) is 0 Å². The summed E-state index contributed by atoms with van der Waals surface area (Å²) in [6.07, 6.45) is -10.3. The van der Waals surface area contributed by atoms with Crippen molar-refractivity contribution in [2.75, 3.05) is 5.32 Å². The average molecular weight is 445 g/mol. The number of amides is 1. The van der Waals surface area contributed by atoms with Crippen LogP contribution in [0.25, 0.3) is 0 Å². The highest BCUT2D eigenvalue weighted by atomic mass is 31.2. The summed E-state index contributed by atoms with van der Waals surface area (Å²) < 4.78 is 92.5. The molecular formula is C15H10F6NO6P. The lowest BCUT2D eigenvalue weighted by Crippen LogP contribution is -2.16. The summed E-state index contributed by atoms with van der Waals surface area (Å²) in [4.78, 5) is 29.9. The van der Waals surface area contributed by atoms with E-state index < -0.39 is 60.0 Å². The van der Waals surface area contributed by atoms with Gasteiger partial charge in [0.2, 0.25) is 0 Å². The van der Waals surface area contributed by atoms with Crippen molar-refractivity contribution in [2.45, 2.75) is 12.4 Å². The Hall–Kier alpha value is -2.76. The van der Waals surface area contributed by atoms with E-state index in [0.29, 0.717) is 6.07 Å². The van der Waals surface area contributed by atoms with Crippen LogP contribution in [-0.2, 0) is 16.9 Å². The number of anilines is 1. The van der Waals surface area contributed by atoms with Gasteiger partial charge in [0.05, 0.1) is 16.7 Å². The largest absolute Gasteiger partial charge is 0.524 e. The molecule has 4 N–H and O–H groups in total. The highest BCUT2D eigenvalue weighted by molar-refractivity contribution is 7.46. The molecular weight excluding hydrogens is 435 g/mol. The van der Waals surface area contributed by atoms with E-state index in [9.17, 15) is 40.8 Å². The molecule has 2 aromatic carbocycles. The molecule has 14 heteroatoms. The third-order valence-corrected chi connectivity index (χ3v) is 3.71. The second-order valence-electron chi connectivity index (χ2n) is 5.51. The number of alkyl halides is 6. The Labute approximate surface area is 157 Å². The fourth-order valence-corrected chi connectivity index (χ4v) is 2.54. The number of aromatic hydroxyl groups is 1. The molecule has 0 bridgehead atoms. The second kappa shape index (κ2) is 7.58. The van der Waals surface area contributed by atoms with Crippen molar-refractivity contribution >= 4 is 19.4 Å². The van der Waals surface area contributed by atoms with Crippen molar-refractivity contribution in [1.29, 1.82) is 0 Å². The number of phenols is 1. The molecule has 0 spiro atoms. The molecule has 29 heavy (non-hydrogen) atoms. The average Bonchev–Trinajstić information content (AvgIpc) is 2.53. The quantitative estimate of drug-likeness (QED) is 0.415. The van der Waals surface area contributed by atoms with Crippen LogP contribution in [0.5, 0.6) is 11.5 Å². The zero-order chi connectivity index (χ0) is 22.2. The van der Waals surface area contributed by atoms with E-state index in [1.165, 1.54) is 0 Å². The number of rotatable bonds is 4. The molecule has 0 aromatic heterocycles. The molecule has 0 aliphatic heterocycles. The van der Waals surface area contributed by atoms with Gasteiger partial charge in [0, 0.05) is 5.69 Å².